The first kappa shape index (κ1) is 24.4. The number of unbranched alkanes of at least 4 members (excludes halogenated alkanes) is 1. The van der Waals surface area contributed by atoms with Crippen molar-refractivity contribution in [3.8, 4) is 0 Å². The molecule has 1 unspecified atom stereocenters. The minimum absolute atomic E-state index is 0.104. The summed E-state index contributed by atoms with van der Waals surface area (Å²) in [6, 6.07) is 11.9. The number of carbonyl (C=O) groups is 4. The van der Waals surface area contributed by atoms with Gasteiger partial charge in [-0.25, -0.2) is 0 Å². The molecule has 1 fully saturated rings. The number of nitrogens with zero attached hydrogens (tertiary/aromatic N) is 2. The van der Waals surface area contributed by atoms with Crippen LogP contribution in [0.5, 0.6) is 0 Å². The van der Waals surface area contributed by atoms with Crippen LogP contribution in [-0.2, 0) is 4.79 Å². The Morgan fingerprint density at radius 1 is 1.00 bits per heavy atom. The second-order valence-electron chi connectivity index (χ2n) is 9.25. The molecule has 2 aromatic carbocycles. The van der Waals surface area contributed by atoms with Crippen molar-refractivity contribution >= 4 is 35.0 Å². The van der Waals surface area contributed by atoms with E-state index in [1.165, 1.54) is 29.9 Å². The summed E-state index contributed by atoms with van der Waals surface area (Å²) in [6.45, 7) is 6.18. The quantitative estimate of drug-likeness (QED) is 0.536. The molecule has 1 saturated heterocycles. The SMILES string of the molecule is CCCCN1C(=O)c2ccc(C(=O)NC(C)CC(=O)Nc3cccc(N4CCCC4)c3)cc2C1=O. The molecule has 2 aromatic rings. The molecule has 0 saturated carbocycles. The molecule has 2 aliphatic heterocycles. The van der Waals surface area contributed by atoms with Gasteiger partial charge < -0.3 is 15.5 Å². The Labute approximate surface area is 205 Å². The van der Waals surface area contributed by atoms with Crippen LogP contribution < -0.4 is 15.5 Å². The van der Waals surface area contributed by atoms with Gasteiger partial charge in [0.15, 0.2) is 0 Å². The molecule has 0 bridgehead atoms. The summed E-state index contributed by atoms with van der Waals surface area (Å²) in [5.74, 6) is -1.27. The van der Waals surface area contributed by atoms with E-state index in [4.69, 9.17) is 0 Å². The van der Waals surface area contributed by atoms with Crippen molar-refractivity contribution in [3.05, 3.63) is 59.2 Å². The normalized spacial score (nSPS) is 15.8. The molecule has 1 atom stereocenters. The number of rotatable bonds is 9. The fourth-order valence-corrected chi connectivity index (χ4v) is 4.56. The Kier molecular flexibility index (Phi) is 7.48. The molecule has 4 amide bonds. The van der Waals surface area contributed by atoms with E-state index in [0.717, 1.165) is 37.3 Å². The molecule has 8 nitrogen and oxygen atoms in total. The first-order valence-electron chi connectivity index (χ1n) is 12.3. The van der Waals surface area contributed by atoms with Crippen molar-refractivity contribution in [3.63, 3.8) is 0 Å². The van der Waals surface area contributed by atoms with Crippen LogP contribution in [0.2, 0.25) is 0 Å². The van der Waals surface area contributed by atoms with Gasteiger partial charge in [0.25, 0.3) is 17.7 Å². The highest BCUT2D eigenvalue weighted by Crippen LogP contribution is 2.25. The Morgan fingerprint density at radius 2 is 1.74 bits per heavy atom. The molecule has 0 aliphatic carbocycles. The fourth-order valence-electron chi connectivity index (χ4n) is 4.56. The third kappa shape index (κ3) is 5.53. The lowest BCUT2D eigenvalue weighted by Gasteiger charge is -2.19. The summed E-state index contributed by atoms with van der Waals surface area (Å²) < 4.78 is 0. The second kappa shape index (κ2) is 10.7. The third-order valence-electron chi connectivity index (χ3n) is 6.44. The molecular weight excluding hydrogens is 444 g/mol. The van der Waals surface area contributed by atoms with Crippen molar-refractivity contribution < 1.29 is 19.2 Å². The lowest BCUT2D eigenvalue weighted by molar-refractivity contribution is -0.116. The number of hydrogen-bond donors (Lipinski definition) is 2. The number of imide groups is 1. The number of benzene rings is 2. The van der Waals surface area contributed by atoms with Crippen molar-refractivity contribution in [2.24, 2.45) is 0 Å². The maximum absolute atomic E-state index is 12.8. The van der Waals surface area contributed by atoms with Crippen LogP contribution in [0.15, 0.2) is 42.5 Å². The standard InChI is InChI=1S/C27H32N4O4/c1-3-4-14-31-26(34)22-11-10-19(16-23(22)27(31)35)25(33)28-18(2)15-24(32)29-20-8-7-9-21(17-20)30-12-5-6-13-30/h7-11,16-18H,3-6,12-15H2,1-2H3,(H,28,33)(H,29,32). The van der Waals surface area contributed by atoms with E-state index in [1.807, 2.05) is 31.2 Å². The number of fused-ring (bicyclic) bond motifs is 1. The number of nitrogens with one attached hydrogen (secondary N) is 2. The van der Waals surface area contributed by atoms with E-state index < -0.39 is 11.9 Å². The van der Waals surface area contributed by atoms with Gasteiger partial charge in [0.2, 0.25) is 5.91 Å². The van der Waals surface area contributed by atoms with E-state index in [1.54, 1.807) is 13.0 Å². The first-order valence-corrected chi connectivity index (χ1v) is 12.3. The maximum atomic E-state index is 12.8. The highest BCUT2D eigenvalue weighted by atomic mass is 16.2. The van der Waals surface area contributed by atoms with Crippen LogP contribution >= 0.6 is 0 Å². The summed E-state index contributed by atoms with van der Waals surface area (Å²) in [4.78, 5) is 54.0. The lowest BCUT2D eigenvalue weighted by atomic mass is 10.0. The van der Waals surface area contributed by atoms with Crippen LogP contribution in [-0.4, -0.2) is 54.2 Å². The summed E-state index contributed by atoms with van der Waals surface area (Å²) in [5, 5.41) is 5.73. The Balaban J connectivity index is 1.33. The zero-order valence-electron chi connectivity index (χ0n) is 20.3. The van der Waals surface area contributed by atoms with Gasteiger partial charge in [0.1, 0.15) is 0 Å². The molecule has 184 valence electrons. The highest BCUT2D eigenvalue weighted by molar-refractivity contribution is 6.22. The van der Waals surface area contributed by atoms with E-state index in [0.29, 0.717) is 12.1 Å². The molecule has 8 heteroatoms. The molecule has 4 rings (SSSR count). The van der Waals surface area contributed by atoms with Crippen molar-refractivity contribution in [2.75, 3.05) is 29.9 Å². The van der Waals surface area contributed by atoms with Gasteiger partial charge in [-0.15, -0.1) is 0 Å². The van der Waals surface area contributed by atoms with E-state index in [-0.39, 0.29) is 35.3 Å². The van der Waals surface area contributed by atoms with Gasteiger partial charge in [-0.05, 0) is 62.6 Å². The molecular formula is C27H32N4O4. The van der Waals surface area contributed by atoms with Crippen LogP contribution in [0.4, 0.5) is 11.4 Å². The molecule has 0 aromatic heterocycles. The fraction of sp³-hybridized carbons (Fsp3) is 0.407. The number of anilines is 2. The number of hydrogen-bond acceptors (Lipinski definition) is 5. The van der Waals surface area contributed by atoms with Gasteiger partial charge in [0, 0.05) is 49.0 Å². The smallest absolute Gasteiger partial charge is 0.261 e. The monoisotopic (exact) mass is 476 g/mol. The molecule has 35 heavy (non-hydrogen) atoms. The molecule has 0 spiro atoms. The minimum Gasteiger partial charge on any atom is -0.371 e. The minimum atomic E-state index is -0.420. The predicted octanol–water partition coefficient (Wildman–Crippen LogP) is 3.83. The van der Waals surface area contributed by atoms with Crippen LogP contribution in [0, 0.1) is 0 Å². The zero-order valence-corrected chi connectivity index (χ0v) is 20.3. The van der Waals surface area contributed by atoms with E-state index in [9.17, 15) is 19.2 Å². The van der Waals surface area contributed by atoms with E-state index >= 15 is 0 Å². The van der Waals surface area contributed by atoms with Crippen molar-refractivity contribution in [1.29, 1.82) is 0 Å². The summed E-state index contributed by atoms with van der Waals surface area (Å²) in [6.07, 6.45) is 4.07. The van der Waals surface area contributed by atoms with Crippen molar-refractivity contribution in [2.45, 2.75) is 52.0 Å². The van der Waals surface area contributed by atoms with Crippen molar-refractivity contribution in [1.82, 2.24) is 10.2 Å². The first-order chi connectivity index (χ1) is 16.9. The molecule has 2 N–H and O–H groups in total. The molecule has 2 heterocycles. The van der Waals surface area contributed by atoms with Crippen LogP contribution in [0.25, 0.3) is 0 Å². The molecule has 0 radical (unpaired) electrons. The largest absolute Gasteiger partial charge is 0.371 e. The van der Waals surface area contributed by atoms with Gasteiger partial charge in [-0.1, -0.05) is 19.4 Å². The van der Waals surface area contributed by atoms with Gasteiger partial charge in [-0.2, -0.15) is 0 Å². The average molecular weight is 477 g/mol. The van der Waals surface area contributed by atoms with Gasteiger partial charge in [-0.3, -0.25) is 24.1 Å². The van der Waals surface area contributed by atoms with E-state index in [2.05, 4.69) is 15.5 Å². The Bertz CT molecular complexity index is 1140. The van der Waals surface area contributed by atoms with Gasteiger partial charge in [0.05, 0.1) is 11.1 Å². The average Bonchev–Trinajstić information content (AvgIpc) is 3.45. The maximum Gasteiger partial charge on any atom is 0.261 e. The van der Waals surface area contributed by atoms with Crippen LogP contribution in [0.3, 0.4) is 0 Å². The zero-order chi connectivity index (χ0) is 24.9. The summed E-state index contributed by atoms with van der Waals surface area (Å²) in [5.41, 5.74) is 2.69. The summed E-state index contributed by atoms with van der Waals surface area (Å²) >= 11 is 0. The highest BCUT2D eigenvalue weighted by Gasteiger charge is 2.35. The molecule has 2 aliphatic rings. The number of amides is 4. The Hall–Kier alpha value is -3.68. The summed E-state index contributed by atoms with van der Waals surface area (Å²) in [7, 11) is 0. The lowest BCUT2D eigenvalue weighted by Crippen LogP contribution is -2.35. The second-order valence-corrected chi connectivity index (χ2v) is 9.25. The van der Waals surface area contributed by atoms with Crippen LogP contribution in [0.1, 0.15) is 77.0 Å². The third-order valence-corrected chi connectivity index (χ3v) is 6.44. The van der Waals surface area contributed by atoms with Gasteiger partial charge >= 0.3 is 0 Å². The number of carbonyl (C=O) groups excluding carboxylic acids is 4. The predicted molar refractivity (Wildman–Crippen MR) is 135 cm³/mol. The Morgan fingerprint density at radius 3 is 2.49 bits per heavy atom. The topological polar surface area (TPSA) is 98.8 Å².